The number of H-pyrrole nitrogens is 1. The number of hydrogen-bond acceptors (Lipinski definition) is 6. The van der Waals surface area contributed by atoms with Gasteiger partial charge in [-0.25, -0.2) is 14.6 Å². The van der Waals surface area contributed by atoms with Crippen LogP contribution in [0.15, 0.2) is 60.3 Å². The van der Waals surface area contributed by atoms with E-state index in [-0.39, 0.29) is 23.0 Å². The fourth-order valence-corrected chi connectivity index (χ4v) is 5.25. The van der Waals surface area contributed by atoms with Crippen molar-refractivity contribution in [2.24, 2.45) is 11.8 Å². The quantitative estimate of drug-likeness (QED) is 0.255. The maximum atomic E-state index is 13.7. The number of nitrogens with zero attached hydrogens (tertiary/aromatic N) is 2. The topological polar surface area (TPSA) is 134 Å². The van der Waals surface area contributed by atoms with Crippen molar-refractivity contribution in [2.75, 3.05) is 13.7 Å². The number of carboxylic acid groups (broad SMARTS) is 1. The molecule has 13 heteroatoms. The lowest BCUT2D eigenvalue weighted by Crippen LogP contribution is -2.51. The standard InChI is InChI=1S/C31H31F3N4O6/c1-16(2)26(37-30(42)43-3)28(39)38-15-21(17-4-5-17)12-24(38)27-35-14-23(36-27)19-8-6-18(7-9-19)22-11-10-20(29(40)41)13-25(22)44-31(32,33)34/h6-14,16-17,24,26H,4-5,15H2,1-3H3,(H,35,36)(H,37,42)(H,40,41). The summed E-state index contributed by atoms with van der Waals surface area (Å²) in [4.78, 5) is 46.5. The third-order valence-electron chi connectivity index (χ3n) is 7.67. The van der Waals surface area contributed by atoms with E-state index < -0.39 is 36.3 Å². The minimum atomic E-state index is -5.01. The van der Waals surface area contributed by atoms with E-state index in [1.807, 2.05) is 19.9 Å². The van der Waals surface area contributed by atoms with Gasteiger partial charge in [0.15, 0.2) is 0 Å². The van der Waals surface area contributed by atoms with Gasteiger partial charge in [-0.1, -0.05) is 44.2 Å². The molecule has 3 N–H and O–H groups in total. The molecule has 44 heavy (non-hydrogen) atoms. The van der Waals surface area contributed by atoms with Crippen LogP contribution in [0.3, 0.4) is 0 Å². The van der Waals surface area contributed by atoms with E-state index in [1.54, 1.807) is 35.4 Å². The molecule has 10 nitrogen and oxygen atoms in total. The molecular formula is C31H31F3N4O6. The number of carbonyl (C=O) groups excluding carboxylic acids is 2. The van der Waals surface area contributed by atoms with Gasteiger partial charge in [-0.3, -0.25) is 4.79 Å². The number of aromatic amines is 1. The van der Waals surface area contributed by atoms with Crippen molar-refractivity contribution in [1.82, 2.24) is 20.2 Å². The fourth-order valence-electron chi connectivity index (χ4n) is 5.25. The van der Waals surface area contributed by atoms with Gasteiger partial charge < -0.3 is 29.8 Å². The molecule has 2 heterocycles. The first-order valence-corrected chi connectivity index (χ1v) is 14.0. The number of ether oxygens (including phenoxy) is 2. The Bertz CT molecular complexity index is 1590. The molecule has 0 bridgehead atoms. The summed E-state index contributed by atoms with van der Waals surface area (Å²) >= 11 is 0. The smallest absolute Gasteiger partial charge is 0.478 e. The Morgan fingerprint density at radius 2 is 1.77 bits per heavy atom. The third-order valence-corrected chi connectivity index (χ3v) is 7.67. The predicted octanol–water partition coefficient (Wildman–Crippen LogP) is 5.94. The molecule has 1 aliphatic heterocycles. The molecular weight excluding hydrogens is 581 g/mol. The van der Waals surface area contributed by atoms with E-state index in [1.165, 1.54) is 19.2 Å². The lowest BCUT2D eigenvalue weighted by Gasteiger charge is -2.30. The fraction of sp³-hybridized carbons (Fsp3) is 0.355. The molecule has 3 aromatic rings. The number of nitrogens with one attached hydrogen (secondary N) is 2. The van der Waals surface area contributed by atoms with E-state index in [2.05, 4.69) is 20.0 Å². The zero-order valence-corrected chi connectivity index (χ0v) is 24.1. The minimum absolute atomic E-state index is 0.0716. The summed E-state index contributed by atoms with van der Waals surface area (Å²) in [5.74, 6) is -1.51. The average molecular weight is 613 g/mol. The van der Waals surface area contributed by atoms with Gasteiger partial charge in [-0.05, 0) is 59.6 Å². The van der Waals surface area contributed by atoms with E-state index >= 15 is 0 Å². The number of carboxylic acids is 1. The van der Waals surface area contributed by atoms with Crippen molar-refractivity contribution in [3.63, 3.8) is 0 Å². The van der Waals surface area contributed by atoms with Gasteiger partial charge >= 0.3 is 18.4 Å². The molecule has 0 spiro atoms. The zero-order chi connectivity index (χ0) is 31.8. The number of imidazole rings is 1. The van der Waals surface area contributed by atoms with Crippen molar-refractivity contribution in [3.05, 3.63) is 71.7 Å². The van der Waals surface area contributed by atoms with Gasteiger partial charge in [0.2, 0.25) is 5.91 Å². The monoisotopic (exact) mass is 612 g/mol. The normalized spacial score (nSPS) is 17.3. The number of alkyl halides is 3. The second-order valence-electron chi connectivity index (χ2n) is 11.1. The first kappa shape index (κ1) is 30.6. The molecule has 1 fully saturated rings. The highest BCUT2D eigenvalue weighted by Gasteiger charge is 2.41. The zero-order valence-electron chi connectivity index (χ0n) is 24.1. The average Bonchev–Trinajstić information content (AvgIpc) is 3.53. The lowest BCUT2D eigenvalue weighted by atomic mass is 10.0. The van der Waals surface area contributed by atoms with Crippen LogP contribution in [-0.2, 0) is 9.53 Å². The minimum Gasteiger partial charge on any atom is -0.478 e. The molecule has 2 aromatic carbocycles. The van der Waals surface area contributed by atoms with Crippen LogP contribution in [0.25, 0.3) is 22.4 Å². The Morgan fingerprint density at radius 1 is 1.09 bits per heavy atom. The maximum absolute atomic E-state index is 13.7. The van der Waals surface area contributed by atoms with E-state index in [0.717, 1.165) is 24.5 Å². The molecule has 232 valence electrons. The summed E-state index contributed by atoms with van der Waals surface area (Å²) < 4.78 is 48.0. The highest BCUT2D eigenvalue weighted by atomic mass is 19.4. The summed E-state index contributed by atoms with van der Waals surface area (Å²) in [6.07, 6.45) is 0.0636. The molecule has 1 aliphatic carbocycles. The molecule has 5 rings (SSSR count). The number of amides is 2. The van der Waals surface area contributed by atoms with E-state index in [9.17, 15) is 32.7 Å². The molecule has 0 saturated heterocycles. The summed E-state index contributed by atoms with van der Waals surface area (Å²) in [6.45, 7) is 4.10. The maximum Gasteiger partial charge on any atom is 0.573 e. The third kappa shape index (κ3) is 6.71. The van der Waals surface area contributed by atoms with Gasteiger partial charge in [0.05, 0.1) is 24.6 Å². The van der Waals surface area contributed by atoms with Gasteiger partial charge in [0, 0.05) is 12.1 Å². The van der Waals surface area contributed by atoms with E-state index in [0.29, 0.717) is 35.1 Å². The highest BCUT2D eigenvalue weighted by Crippen LogP contribution is 2.43. The van der Waals surface area contributed by atoms with Crippen LogP contribution < -0.4 is 10.1 Å². The van der Waals surface area contributed by atoms with Crippen LogP contribution in [0, 0.1) is 11.8 Å². The highest BCUT2D eigenvalue weighted by molar-refractivity contribution is 5.90. The Hall–Kier alpha value is -4.81. The first-order valence-electron chi connectivity index (χ1n) is 14.0. The van der Waals surface area contributed by atoms with E-state index in [4.69, 9.17) is 4.74 Å². The summed E-state index contributed by atoms with van der Waals surface area (Å²) in [5, 5.41) is 11.8. The SMILES string of the molecule is COC(=O)NC(C(=O)N1CC(C2CC2)=CC1c1ncc(-c2ccc(-c3ccc(C(=O)O)cc3OC(F)(F)F)cc2)[nH]1)C(C)C. The number of rotatable bonds is 9. The van der Waals surface area contributed by atoms with Crippen molar-refractivity contribution in [3.8, 4) is 28.1 Å². The van der Waals surface area contributed by atoms with Gasteiger partial charge in [-0.2, -0.15) is 0 Å². The van der Waals surface area contributed by atoms with Crippen LogP contribution >= 0.6 is 0 Å². The summed E-state index contributed by atoms with van der Waals surface area (Å²) in [6, 6.07) is 8.59. The van der Waals surface area contributed by atoms with Crippen molar-refractivity contribution >= 4 is 18.0 Å². The number of halogens is 3. The van der Waals surface area contributed by atoms with Crippen molar-refractivity contribution < 1.29 is 42.1 Å². The van der Waals surface area contributed by atoms with Crippen LogP contribution in [-0.4, -0.2) is 64.0 Å². The number of hydrogen-bond donors (Lipinski definition) is 3. The molecule has 0 radical (unpaired) electrons. The van der Waals surface area contributed by atoms with Gasteiger partial charge in [-0.15, -0.1) is 13.2 Å². The number of aromatic carboxylic acids is 1. The molecule has 2 amide bonds. The molecule has 2 atom stereocenters. The second kappa shape index (κ2) is 12.1. The molecule has 2 unspecified atom stereocenters. The van der Waals surface area contributed by atoms with Crippen LogP contribution in [0.5, 0.6) is 5.75 Å². The summed E-state index contributed by atoms with van der Waals surface area (Å²) in [5.41, 5.74) is 2.57. The Kier molecular flexibility index (Phi) is 8.40. The predicted molar refractivity (Wildman–Crippen MR) is 153 cm³/mol. The van der Waals surface area contributed by atoms with Crippen LogP contribution in [0.1, 0.15) is 48.9 Å². The first-order chi connectivity index (χ1) is 20.8. The number of alkyl carbamates (subject to hydrolysis) is 1. The molecule has 1 saturated carbocycles. The number of benzene rings is 2. The van der Waals surface area contributed by atoms with Gasteiger partial charge in [0.1, 0.15) is 23.7 Å². The molecule has 2 aliphatic rings. The Morgan fingerprint density at radius 3 is 2.36 bits per heavy atom. The largest absolute Gasteiger partial charge is 0.573 e. The van der Waals surface area contributed by atoms with Crippen molar-refractivity contribution in [1.29, 1.82) is 0 Å². The Balaban J connectivity index is 1.41. The van der Waals surface area contributed by atoms with Crippen molar-refractivity contribution in [2.45, 2.75) is 45.1 Å². The molecule has 1 aromatic heterocycles. The van der Waals surface area contributed by atoms with Crippen LogP contribution in [0.4, 0.5) is 18.0 Å². The number of aromatic nitrogens is 2. The Labute approximate surface area is 250 Å². The van der Waals surface area contributed by atoms with Gasteiger partial charge in [0.25, 0.3) is 0 Å². The lowest BCUT2D eigenvalue weighted by molar-refractivity contribution is -0.274. The summed E-state index contributed by atoms with van der Waals surface area (Å²) in [7, 11) is 1.24. The van der Waals surface area contributed by atoms with Crippen LogP contribution in [0.2, 0.25) is 0 Å². The number of methoxy groups -OCH3 is 1. The second-order valence-corrected chi connectivity index (χ2v) is 11.1. The number of carbonyl (C=O) groups is 3.